The molecule has 0 saturated carbocycles. The average molecular weight is 335 g/mol. The van der Waals surface area contributed by atoms with Gasteiger partial charge < -0.3 is 15.2 Å². The molecule has 2 rings (SSSR count). The van der Waals surface area contributed by atoms with Crippen molar-refractivity contribution in [2.24, 2.45) is 0 Å². The molecule has 1 fully saturated rings. The Morgan fingerprint density at radius 2 is 2.13 bits per heavy atom. The van der Waals surface area contributed by atoms with E-state index in [1.165, 1.54) is 7.11 Å². The summed E-state index contributed by atoms with van der Waals surface area (Å²) in [7, 11) is 1.37. The van der Waals surface area contributed by atoms with Gasteiger partial charge in [-0.3, -0.25) is 9.59 Å². The molecule has 0 aromatic heterocycles. The van der Waals surface area contributed by atoms with Crippen LogP contribution in [0.15, 0.2) is 41.3 Å². The van der Waals surface area contributed by atoms with Crippen molar-refractivity contribution in [3.63, 3.8) is 0 Å². The summed E-state index contributed by atoms with van der Waals surface area (Å²) in [5.41, 5.74) is 0.584. The van der Waals surface area contributed by atoms with Crippen molar-refractivity contribution < 1.29 is 19.4 Å². The van der Waals surface area contributed by atoms with Crippen LogP contribution in [0.3, 0.4) is 0 Å². The average Bonchev–Trinajstić information content (AvgIpc) is 2.92. The molecule has 23 heavy (non-hydrogen) atoms. The van der Waals surface area contributed by atoms with Crippen molar-refractivity contribution in [3.05, 3.63) is 46.9 Å². The van der Waals surface area contributed by atoms with Crippen LogP contribution in [-0.4, -0.2) is 42.0 Å². The number of carbonyl (C=O) groups excluding carboxylic acids is 2. The number of aliphatic hydroxyl groups excluding tert-OH is 1. The molecule has 1 aliphatic rings. The van der Waals surface area contributed by atoms with Crippen LogP contribution in [-0.2, 0) is 9.53 Å². The number of methoxy groups -OCH3 is 1. The molecule has 1 saturated heterocycles. The van der Waals surface area contributed by atoms with Gasteiger partial charge in [0.25, 0.3) is 5.91 Å². The van der Waals surface area contributed by atoms with Gasteiger partial charge in [0.2, 0.25) is 0 Å². The first-order valence-electron chi connectivity index (χ1n) is 7.55. The van der Waals surface area contributed by atoms with Crippen LogP contribution >= 0.6 is 11.8 Å². The molecule has 0 aliphatic carbocycles. The molecule has 2 N–H and O–H groups in total. The highest BCUT2D eigenvalue weighted by molar-refractivity contribution is 8.03. The summed E-state index contributed by atoms with van der Waals surface area (Å²) < 4.78 is 4.58. The van der Waals surface area contributed by atoms with Crippen LogP contribution < -0.4 is 5.32 Å². The normalized spacial score (nSPS) is 22.1. The fourth-order valence-corrected chi connectivity index (χ4v) is 3.50. The standard InChI is InChI=1S/C17H21NO4S/c1-22-15(19)10-6-5-9-14-16(20)13(11-23-14)18-17(21)12-7-3-2-4-8-12/h2-4,7-9,13,16,20H,5-6,10-11H2,1H3,(H,18,21)/b14-9+/t13-,16-/m1/s1. The van der Waals surface area contributed by atoms with E-state index in [1.807, 2.05) is 12.1 Å². The predicted molar refractivity (Wildman–Crippen MR) is 90.1 cm³/mol. The Balaban J connectivity index is 1.83. The number of thioether (sulfide) groups is 1. The van der Waals surface area contributed by atoms with E-state index >= 15 is 0 Å². The first kappa shape index (κ1) is 17.6. The molecule has 1 amide bonds. The van der Waals surface area contributed by atoms with E-state index in [0.717, 1.165) is 4.91 Å². The number of nitrogens with one attached hydrogen (secondary N) is 1. The molecule has 0 unspecified atom stereocenters. The van der Waals surface area contributed by atoms with E-state index in [1.54, 1.807) is 36.0 Å². The second-order valence-electron chi connectivity index (χ2n) is 5.28. The van der Waals surface area contributed by atoms with Gasteiger partial charge in [-0.1, -0.05) is 24.3 Å². The zero-order valence-electron chi connectivity index (χ0n) is 13.0. The molecule has 0 bridgehead atoms. The van der Waals surface area contributed by atoms with E-state index in [2.05, 4.69) is 10.1 Å². The van der Waals surface area contributed by atoms with Crippen molar-refractivity contribution in [1.29, 1.82) is 0 Å². The lowest BCUT2D eigenvalue weighted by Crippen LogP contribution is -2.42. The van der Waals surface area contributed by atoms with Crippen LogP contribution in [0.4, 0.5) is 0 Å². The number of benzene rings is 1. The maximum atomic E-state index is 12.1. The molecule has 124 valence electrons. The Morgan fingerprint density at radius 1 is 1.39 bits per heavy atom. The Morgan fingerprint density at radius 3 is 2.83 bits per heavy atom. The first-order valence-corrected chi connectivity index (χ1v) is 8.54. The van der Waals surface area contributed by atoms with Crippen LogP contribution in [0.5, 0.6) is 0 Å². The highest BCUT2D eigenvalue weighted by Gasteiger charge is 2.31. The fourth-order valence-electron chi connectivity index (χ4n) is 2.30. The first-order chi connectivity index (χ1) is 11.1. The van der Waals surface area contributed by atoms with E-state index < -0.39 is 6.10 Å². The zero-order valence-corrected chi connectivity index (χ0v) is 13.8. The van der Waals surface area contributed by atoms with Crippen molar-refractivity contribution in [2.45, 2.75) is 31.4 Å². The van der Waals surface area contributed by atoms with Gasteiger partial charge in [0.05, 0.1) is 13.2 Å². The molecule has 0 spiro atoms. The highest BCUT2D eigenvalue weighted by atomic mass is 32.2. The lowest BCUT2D eigenvalue weighted by molar-refractivity contribution is -0.140. The summed E-state index contributed by atoms with van der Waals surface area (Å²) in [5.74, 6) is 0.237. The van der Waals surface area contributed by atoms with E-state index in [4.69, 9.17) is 0 Å². The monoisotopic (exact) mass is 335 g/mol. The minimum atomic E-state index is -0.689. The Hall–Kier alpha value is -1.79. The SMILES string of the molecule is COC(=O)CCC/C=C1/SC[C@@H](NC(=O)c2ccccc2)[C@H]1O. The summed E-state index contributed by atoms with van der Waals surface area (Å²) >= 11 is 1.54. The van der Waals surface area contributed by atoms with Gasteiger partial charge in [0.1, 0.15) is 6.10 Å². The Kier molecular flexibility index (Phi) is 6.67. The summed E-state index contributed by atoms with van der Waals surface area (Å²) in [6.45, 7) is 0. The minimum absolute atomic E-state index is 0.179. The topological polar surface area (TPSA) is 75.6 Å². The molecular weight excluding hydrogens is 314 g/mol. The second-order valence-corrected chi connectivity index (χ2v) is 6.37. The smallest absolute Gasteiger partial charge is 0.305 e. The number of rotatable bonds is 6. The number of ether oxygens (including phenoxy) is 1. The molecule has 6 heteroatoms. The number of hydrogen-bond acceptors (Lipinski definition) is 5. The van der Waals surface area contributed by atoms with E-state index in [0.29, 0.717) is 30.6 Å². The van der Waals surface area contributed by atoms with Gasteiger partial charge in [0, 0.05) is 22.6 Å². The molecule has 0 radical (unpaired) electrons. The molecule has 5 nitrogen and oxygen atoms in total. The number of allylic oxidation sites excluding steroid dienone is 1. The molecule has 2 atom stereocenters. The largest absolute Gasteiger partial charge is 0.469 e. The van der Waals surface area contributed by atoms with Gasteiger partial charge in [-0.2, -0.15) is 0 Å². The highest BCUT2D eigenvalue weighted by Crippen LogP contribution is 2.32. The van der Waals surface area contributed by atoms with Crippen molar-refractivity contribution in [1.82, 2.24) is 5.32 Å². The third-order valence-corrected chi connectivity index (χ3v) is 4.88. The number of unbranched alkanes of at least 4 members (excludes halogenated alkanes) is 1. The van der Waals surface area contributed by atoms with Gasteiger partial charge in [0.15, 0.2) is 0 Å². The molecule has 1 aromatic rings. The molecule has 1 aromatic carbocycles. The van der Waals surface area contributed by atoms with Gasteiger partial charge >= 0.3 is 5.97 Å². The maximum Gasteiger partial charge on any atom is 0.305 e. The summed E-state index contributed by atoms with van der Waals surface area (Å²) in [5, 5.41) is 13.2. The second kappa shape index (κ2) is 8.74. The van der Waals surface area contributed by atoms with E-state index in [9.17, 15) is 14.7 Å². The van der Waals surface area contributed by atoms with Crippen molar-refractivity contribution in [3.8, 4) is 0 Å². The number of hydrogen-bond donors (Lipinski definition) is 2. The van der Waals surface area contributed by atoms with E-state index in [-0.39, 0.29) is 17.9 Å². The maximum absolute atomic E-state index is 12.1. The van der Waals surface area contributed by atoms with Crippen LogP contribution in [0, 0.1) is 0 Å². The fraction of sp³-hybridized carbons (Fsp3) is 0.412. The van der Waals surface area contributed by atoms with Crippen molar-refractivity contribution >= 4 is 23.6 Å². The number of esters is 1. The zero-order chi connectivity index (χ0) is 16.7. The van der Waals surface area contributed by atoms with Crippen LogP contribution in [0.25, 0.3) is 0 Å². The van der Waals surface area contributed by atoms with Gasteiger partial charge in [-0.15, -0.1) is 11.8 Å². The summed E-state index contributed by atoms with van der Waals surface area (Å²) in [6.07, 6.45) is 3.01. The van der Waals surface area contributed by atoms with Crippen molar-refractivity contribution in [2.75, 3.05) is 12.9 Å². The molecule has 1 heterocycles. The van der Waals surface area contributed by atoms with Crippen LogP contribution in [0.2, 0.25) is 0 Å². The third kappa shape index (κ3) is 5.11. The summed E-state index contributed by atoms with van der Waals surface area (Å²) in [6, 6.07) is 8.66. The minimum Gasteiger partial charge on any atom is -0.469 e. The number of aliphatic hydroxyl groups is 1. The molecular formula is C17H21NO4S. The number of amides is 1. The van der Waals surface area contributed by atoms with Gasteiger partial charge in [-0.25, -0.2) is 0 Å². The summed E-state index contributed by atoms with van der Waals surface area (Å²) in [4.78, 5) is 24.0. The number of carbonyl (C=O) groups is 2. The Bertz CT molecular complexity index is 573. The predicted octanol–water partition coefficient (Wildman–Crippen LogP) is 2.12. The van der Waals surface area contributed by atoms with Gasteiger partial charge in [-0.05, 0) is 25.0 Å². The van der Waals surface area contributed by atoms with Crippen LogP contribution in [0.1, 0.15) is 29.6 Å². The lowest BCUT2D eigenvalue weighted by Gasteiger charge is -2.16. The Labute approximate surface area is 140 Å². The lowest BCUT2D eigenvalue weighted by atomic mass is 10.1. The third-order valence-electron chi connectivity index (χ3n) is 3.61. The molecule has 1 aliphatic heterocycles. The quantitative estimate of drug-likeness (QED) is 0.615.